The number of aliphatic hydroxyl groups is 1. The van der Waals surface area contributed by atoms with E-state index in [1.54, 1.807) is 0 Å². The number of benzene rings is 1. The first-order chi connectivity index (χ1) is 11.2. The van der Waals surface area contributed by atoms with Crippen LogP contribution in [0.15, 0.2) is 30.3 Å². The number of likely N-dealkylation sites (tertiary alicyclic amines) is 1. The van der Waals surface area contributed by atoms with Crippen LogP contribution in [0.4, 0.5) is 0 Å². The number of nitrogens with zero attached hydrogens (tertiary/aromatic N) is 1. The van der Waals surface area contributed by atoms with E-state index in [9.17, 15) is 9.90 Å². The summed E-state index contributed by atoms with van der Waals surface area (Å²) in [6.45, 7) is 3.70. The van der Waals surface area contributed by atoms with E-state index in [0.29, 0.717) is 12.3 Å². The normalized spacial score (nSPS) is 21.1. The van der Waals surface area contributed by atoms with E-state index in [2.05, 4.69) is 34.5 Å². The fourth-order valence-corrected chi connectivity index (χ4v) is 3.53. The Morgan fingerprint density at radius 3 is 2.52 bits per heavy atom. The van der Waals surface area contributed by atoms with Crippen molar-refractivity contribution in [3.63, 3.8) is 0 Å². The second kappa shape index (κ2) is 7.45. The molecule has 3 rings (SSSR count). The van der Waals surface area contributed by atoms with Crippen LogP contribution in [-0.4, -0.2) is 42.2 Å². The van der Waals surface area contributed by atoms with Crippen molar-refractivity contribution in [3.05, 3.63) is 35.9 Å². The molecule has 4 heteroatoms. The van der Waals surface area contributed by atoms with Crippen LogP contribution in [0.25, 0.3) is 0 Å². The van der Waals surface area contributed by atoms with Crippen LogP contribution in [0, 0.1) is 11.3 Å². The molecule has 0 radical (unpaired) electrons. The SMILES string of the molecule is O=C(NCC1CC1)C1(CCO)CCN(Cc2ccccc2)CC1. The highest BCUT2D eigenvalue weighted by Crippen LogP contribution is 2.36. The van der Waals surface area contributed by atoms with Crippen molar-refractivity contribution in [2.45, 2.75) is 38.6 Å². The molecule has 1 aliphatic carbocycles. The van der Waals surface area contributed by atoms with Crippen molar-refractivity contribution in [2.75, 3.05) is 26.2 Å². The Labute approximate surface area is 138 Å². The predicted octanol–water partition coefficient (Wildman–Crippen LogP) is 2.18. The number of carbonyl (C=O) groups excluding carboxylic acids is 1. The average molecular weight is 316 g/mol. The van der Waals surface area contributed by atoms with Gasteiger partial charge >= 0.3 is 0 Å². The maximum Gasteiger partial charge on any atom is 0.226 e. The lowest BCUT2D eigenvalue weighted by Crippen LogP contribution is -2.49. The van der Waals surface area contributed by atoms with Crippen molar-refractivity contribution in [1.29, 1.82) is 0 Å². The van der Waals surface area contributed by atoms with Gasteiger partial charge in [0.1, 0.15) is 0 Å². The van der Waals surface area contributed by atoms with Gasteiger partial charge in [0.05, 0.1) is 5.41 Å². The molecule has 0 atom stereocenters. The van der Waals surface area contributed by atoms with E-state index in [1.165, 1.54) is 18.4 Å². The smallest absolute Gasteiger partial charge is 0.226 e. The Morgan fingerprint density at radius 1 is 1.22 bits per heavy atom. The summed E-state index contributed by atoms with van der Waals surface area (Å²) in [6.07, 6.45) is 4.77. The Hall–Kier alpha value is -1.39. The summed E-state index contributed by atoms with van der Waals surface area (Å²) in [5.41, 5.74) is 0.956. The lowest BCUT2D eigenvalue weighted by atomic mass is 9.75. The molecule has 2 fully saturated rings. The first-order valence-electron chi connectivity index (χ1n) is 8.87. The highest BCUT2D eigenvalue weighted by molar-refractivity contribution is 5.82. The Balaban J connectivity index is 1.55. The number of carbonyl (C=O) groups is 1. The zero-order chi connectivity index (χ0) is 16.1. The van der Waals surface area contributed by atoms with Crippen LogP contribution in [0.3, 0.4) is 0 Å². The fraction of sp³-hybridized carbons (Fsp3) is 0.632. The van der Waals surface area contributed by atoms with E-state index < -0.39 is 0 Å². The van der Waals surface area contributed by atoms with E-state index in [-0.39, 0.29) is 17.9 Å². The van der Waals surface area contributed by atoms with Crippen molar-refractivity contribution in [2.24, 2.45) is 11.3 Å². The molecule has 1 aliphatic heterocycles. The minimum absolute atomic E-state index is 0.0928. The van der Waals surface area contributed by atoms with Crippen LogP contribution in [0.5, 0.6) is 0 Å². The maximum absolute atomic E-state index is 12.7. The Kier molecular flexibility index (Phi) is 5.34. The Bertz CT molecular complexity index is 505. The predicted molar refractivity (Wildman–Crippen MR) is 90.8 cm³/mol. The summed E-state index contributed by atoms with van der Waals surface area (Å²) in [4.78, 5) is 15.1. The number of hydrogen-bond acceptors (Lipinski definition) is 3. The number of aliphatic hydroxyl groups excluding tert-OH is 1. The van der Waals surface area contributed by atoms with Gasteiger partial charge in [-0.05, 0) is 56.7 Å². The third-order valence-electron chi connectivity index (χ3n) is 5.38. The number of hydrogen-bond donors (Lipinski definition) is 2. The van der Waals surface area contributed by atoms with Crippen LogP contribution < -0.4 is 5.32 Å². The molecule has 1 aromatic carbocycles. The molecule has 1 saturated carbocycles. The molecule has 1 saturated heterocycles. The summed E-state index contributed by atoms with van der Waals surface area (Å²) in [7, 11) is 0. The minimum Gasteiger partial charge on any atom is -0.396 e. The molecular weight excluding hydrogens is 288 g/mol. The van der Waals surface area contributed by atoms with Crippen molar-refractivity contribution in [1.82, 2.24) is 10.2 Å². The first kappa shape index (κ1) is 16.5. The standard InChI is InChI=1S/C19H28N2O2/c22-13-10-19(18(23)20-14-16-6-7-16)8-11-21(12-9-19)15-17-4-2-1-3-5-17/h1-5,16,22H,6-15H2,(H,20,23). The van der Waals surface area contributed by atoms with Crippen molar-refractivity contribution < 1.29 is 9.90 Å². The zero-order valence-electron chi connectivity index (χ0n) is 13.8. The highest BCUT2D eigenvalue weighted by Gasteiger charge is 2.41. The number of piperidine rings is 1. The molecule has 0 bridgehead atoms. The summed E-state index contributed by atoms with van der Waals surface area (Å²) >= 11 is 0. The zero-order valence-corrected chi connectivity index (χ0v) is 13.8. The lowest BCUT2D eigenvalue weighted by Gasteiger charge is -2.40. The summed E-state index contributed by atoms with van der Waals surface area (Å²) in [6, 6.07) is 10.5. The molecular formula is C19H28N2O2. The molecule has 2 N–H and O–H groups in total. The highest BCUT2D eigenvalue weighted by atomic mass is 16.3. The first-order valence-corrected chi connectivity index (χ1v) is 8.87. The number of nitrogens with one attached hydrogen (secondary N) is 1. The molecule has 4 nitrogen and oxygen atoms in total. The molecule has 2 aliphatic rings. The molecule has 1 aromatic rings. The fourth-order valence-electron chi connectivity index (χ4n) is 3.53. The van der Waals surface area contributed by atoms with Gasteiger partial charge in [0.15, 0.2) is 0 Å². The monoisotopic (exact) mass is 316 g/mol. The summed E-state index contributed by atoms with van der Waals surface area (Å²) < 4.78 is 0. The van der Waals surface area contributed by atoms with Gasteiger partial charge in [0, 0.05) is 19.7 Å². The largest absolute Gasteiger partial charge is 0.396 e. The van der Waals surface area contributed by atoms with Gasteiger partial charge in [-0.25, -0.2) is 0 Å². The van der Waals surface area contributed by atoms with Gasteiger partial charge in [-0.3, -0.25) is 9.69 Å². The molecule has 23 heavy (non-hydrogen) atoms. The molecule has 1 heterocycles. The van der Waals surface area contributed by atoms with Gasteiger partial charge in [0.2, 0.25) is 5.91 Å². The second-order valence-electron chi connectivity index (χ2n) is 7.17. The number of amides is 1. The van der Waals surface area contributed by atoms with Gasteiger partial charge in [-0.1, -0.05) is 30.3 Å². The van der Waals surface area contributed by atoms with Gasteiger partial charge in [0.25, 0.3) is 0 Å². The maximum atomic E-state index is 12.7. The second-order valence-corrected chi connectivity index (χ2v) is 7.17. The molecule has 1 amide bonds. The minimum atomic E-state index is -0.364. The lowest BCUT2D eigenvalue weighted by molar-refractivity contribution is -0.135. The Morgan fingerprint density at radius 2 is 1.91 bits per heavy atom. The van der Waals surface area contributed by atoms with E-state index in [1.807, 2.05) is 6.07 Å². The molecule has 0 unspecified atom stereocenters. The van der Waals surface area contributed by atoms with E-state index in [4.69, 9.17) is 0 Å². The third kappa shape index (κ3) is 4.33. The summed E-state index contributed by atoms with van der Waals surface area (Å²) in [5, 5.41) is 12.6. The average Bonchev–Trinajstić information content (AvgIpc) is 3.40. The van der Waals surface area contributed by atoms with Crippen molar-refractivity contribution >= 4 is 5.91 Å². The van der Waals surface area contributed by atoms with Crippen molar-refractivity contribution in [3.8, 4) is 0 Å². The quantitative estimate of drug-likeness (QED) is 0.811. The molecule has 0 spiro atoms. The van der Waals surface area contributed by atoms with Crippen LogP contribution in [-0.2, 0) is 11.3 Å². The van der Waals surface area contributed by atoms with E-state index in [0.717, 1.165) is 39.0 Å². The molecule has 0 aromatic heterocycles. The summed E-state index contributed by atoms with van der Waals surface area (Å²) in [5.74, 6) is 0.862. The van der Waals surface area contributed by atoms with Gasteiger partial charge in [-0.15, -0.1) is 0 Å². The van der Waals surface area contributed by atoms with Crippen LogP contribution in [0.1, 0.15) is 37.7 Å². The van der Waals surface area contributed by atoms with E-state index >= 15 is 0 Å². The topological polar surface area (TPSA) is 52.6 Å². The van der Waals surface area contributed by atoms with Crippen LogP contribution >= 0.6 is 0 Å². The van der Waals surface area contributed by atoms with Gasteiger partial charge in [-0.2, -0.15) is 0 Å². The molecule has 126 valence electrons. The van der Waals surface area contributed by atoms with Gasteiger partial charge < -0.3 is 10.4 Å². The third-order valence-corrected chi connectivity index (χ3v) is 5.38. The number of rotatable bonds is 7. The van der Waals surface area contributed by atoms with Crippen LogP contribution in [0.2, 0.25) is 0 Å².